The van der Waals surface area contributed by atoms with E-state index < -0.39 is 12.5 Å². The topological polar surface area (TPSA) is 142 Å². The van der Waals surface area contributed by atoms with Crippen LogP contribution < -0.4 is 15.4 Å². The van der Waals surface area contributed by atoms with E-state index in [9.17, 15) is 13.6 Å². The van der Waals surface area contributed by atoms with Gasteiger partial charge in [0.2, 0.25) is 0 Å². The van der Waals surface area contributed by atoms with E-state index in [2.05, 4.69) is 41.2 Å². The fourth-order valence-electron chi connectivity index (χ4n) is 4.05. The summed E-state index contributed by atoms with van der Waals surface area (Å²) >= 11 is 0. The first-order chi connectivity index (χ1) is 18.4. The highest BCUT2D eigenvalue weighted by molar-refractivity contribution is 6.09. The molecule has 0 aliphatic carbocycles. The molecular weight excluding hydrogens is 500 g/mol. The number of fused-ring (bicyclic) bond motifs is 1. The predicted molar refractivity (Wildman–Crippen MR) is 129 cm³/mol. The molecule has 0 unspecified atom stereocenters. The highest BCUT2D eigenvalue weighted by Crippen LogP contribution is 2.36. The lowest BCUT2D eigenvalue weighted by Crippen LogP contribution is -2.44. The van der Waals surface area contributed by atoms with Gasteiger partial charge in [-0.25, -0.2) is 9.50 Å². The minimum atomic E-state index is -3.04. The van der Waals surface area contributed by atoms with Crippen molar-refractivity contribution in [1.29, 1.82) is 0 Å². The Hall–Kier alpha value is -4.79. The van der Waals surface area contributed by atoms with Crippen molar-refractivity contribution in [2.45, 2.75) is 26.1 Å². The number of ether oxygens (including phenoxy) is 1. The molecule has 5 heterocycles. The Kier molecular flexibility index (Phi) is 5.95. The Morgan fingerprint density at radius 2 is 2.16 bits per heavy atom. The van der Waals surface area contributed by atoms with Crippen LogP contribution in [0.5, 0.6) is 5.75 Å². The summed E-state index contributed by atoms with van der Waals surface area (Å²) in [6.07, 6.45) is 6.20. The monoisotopic (exact) mass is 521 g/mol. The van der Waals surface area contributed by atoms with Gasteiger partial charge in [-0.2, -0.15) is 23.8 Å². The summed E-state index contributed by atoms with van der Waals surface area (Å²) in [6, 6.07) is 6.59. The Bertz CT molecular complexity index is 1620. The second-order valence-corrected chi connectivity index (χ2v) is 8.71. The summed E-state index contributed by atoms with van der Waals surface area (Å²) in [5.74, 6) is -0.167. The van der Waals surface area contributed by atoms with Crippen molar-refractivity contribution in [3.05, 3.63) is 66.0 Å². The molecule has 1 aliphatic heterocycles. The van der Waals surface area contributed by atoms with Crippen LogP contribution in [0.3, 0.4) is 0 Å². The van der Waals surface area contributed by atoms with Gasteiger partial charge in [-0.1, -0.05) is 11.6 Å². The van der Waals surface area contributed by atoms with Crippen molar-refractivity contribution in [3.8, 4) is 17.0 Å². The molecule has 1 saturated heterocycles. The van der Waals surface area contributed by atoms with Crippen LogP contribution in [-0.2, 0) is 6.54 Å². The smallest absolute Gasteiger partial charge is 0.387 e. The van der Waals surface area contributed by atoms with Crippen LogP contribution in [0.1, 0.15) is 27.8 Å². The molecule has 0 saturated carbocycles. The Balaban J connectivity index is 1.37. The lowest BCUT2D eigenvalue weighted by Gasteiger charge is -2.24. The van der Waals surface area contributed by atoms with Crippen molar-refractivity contribution in [2.24, 2.45) is 0 Å². The van der Waals surface area contributed by atoms with Crippen molar-refractivity contribution < 1.29 is 18.3 Å². The Morgan fingerprint density at radius 3 is 2.95 bits per heavy atom. The van der Waals surface area contributed by atoms with Gasteiger partial charge in [0, 0.05) is 37.2 Å². The fourth-order valence-corrected chi connectivity index (χ4v) is 4.05. The van der Waals surface area contributed by atoms with Gasteiger partial charge in [0.05, 0.1) is 17.9 Å². The molecule has 0 radical (unpaired) electrons. The molecule has 0 bridgehead atoms. The van der Waals surface area contributed by atoms with Crippen molar-refractivity contribution in [3.63, 3.8) is 0 Å². The number of nitrogens with zero attached hydrogens (tertiary/aromatic N) is 9. The van der Waals surface area contributed by atoms with Crippen LogP contribution in [0, 0.1) is 6.92 Å². The molecule has 13 nitrogen and oxygen atoms in total. The number of aryl methyl sites for hydroxylation is 1. The zero-order valence-electron chi connectivity index (χ0n) is 20.0. The quantitative estimate of drug-likeness (QED) is 0.313. The third-order valence-corrected chi connectivity index (χ3v) is 6.00. The van der Waals surface area contributed by atoms with Crippen molar-refractivity contribution >= 4 is 17.2 Å². The molecule has 0 spiro atoms. The molecular formula is C23H21F2N11O2. The molecule has 1 amide bonds. The number of carbonyl (C=O) groups is 1. The number of carbonyl (C=O) groups excluding carboxylic acids is 1. The maximum absolute atomic E-state index is 13.3. The van der Waals surface area contributed by atoms with Gasteiger partial charge in [-0.05, 0) is 30.3 Å². The molecule has 4 aromatic heterocycles. The minimum absolute atomic E-state index is 0.0782. The Morgan fingerprint density at radius 1 is 1.29 bits per heavy atom. The lowest BCUT2D eigenvalue weighted by molar-refractivity contribution is -0.0494. The van der Waals surface area contributed by atoms with Crippen LogP contribution in [-0.4, -0.2) is 70.2 Å². The number of tetrazole rings is 1. The third-order valence-electron chi connectivity index (χ3n) is 6.00. The van der Waals surface area contributed by atoms with Gasteiger partial charge < -0.3 is 15.4 Å². The number of hydrogen-bond donors (Lipinski definition) is 2. The van der Waals surface area contributed by atoms with Crippen LogP contribution in [0.4, 0.5) is 14.5 Å². The summed E-state index contributed by atoms with van der Waals surface area (Å²) in [4.78, 5) is 19.0. The van der Waals surface area contributed by atoms with E-state index in [0.717, 1.165) is 18.7 Å². The zero-order chi connectivity index (χ0) is 26.2. The van der Waals surface area contributed by atoms with Crippen LogP contribution in [0.15, 0.2) is 49.1 Å². The second kappa shape index (κ2) is 9.59. The lowest BCUT2D eigenvalue weighted by atomic mass is 10.1. The number of rotatable bonds is 8. The highest BCUT2D eigenvalue weighted by atomic mass is 19.3. The van der Waals surface area contributed by atoms with Gasteiger partial charge in [-0.15, -0.1) is 10.2 Å². The maximum atomic E-state index is 13.3. The fraction of sp³-hybridized carbons (Fsp3) is 0.261. The normalized spacial score (nSPS) is 13.7. The van der Waals surface area contributed by atoms with Gasteiger partial charge >= 0.3 is 6.61 Å². The molecule has 5 aromatic rings. The summed E-state index contributed by atoms with van der Waals surface area (Å²) in [5, 5.41) is 27.3. The highest BCUT2D eigenvalue weighted by Gasteiger charge is 2.24. The van der Waals surface area contributed by atoms with Gasteiger partial charge in [-0.3, -0.25) is 9.48 Å². The number of nitrogens with one attached hydrogen (secondary N) is 2. The molecule has 2 N–H and O–H groups in total. The van der Waals surface area contributed by atoms with E-state index in [-0.39, 0.29) is 40.8 Å². The molecule has 1 fully saturated rings. The largest absolute Gasteiger partial charge is 0.434 e. The number of halogens is 2. The summed E-state index contributed by atoms with van der Waals surface area (Å²) in [7, 11) is 0. The van der Waals surface area contributed by atoms with E-state index >= 15 is 0 Å². The summed E-state index contributed by atoms with van der Waals surface area (Å²) in [5.41, 5.74) is 2.18. The first-order valence-electron chi connectivity index (χ1n) is 11.7. The third kappa shape index (κ3) is 4.54. The SMILES string of the molecule is Cc1ccc(OC(F)F)c(-c2nn(Cc3nnn(C4CNC4)n3)cc2NC(=O)c2cnn3cccnc23)c1. The standard InChI is InChI=1S/C23H21F2N11O2/c1-13-3-4-18(38-23(24)25)15(7-13)20-17(29-22(37)16-10-28-35-6-2-5-27-21(16)35)11-34(32-20)12-19-30-33-36(31-19)14-8-26-9-14/h2-7,10-11,14,23,26H,8-9,12H2,1H3,(H,29,37). The van der Waals surface area contributed by atoms with Gasteiger partial charge in [0.1, 0.15) is 23.6 Å². The maximum Gasteiger partial charge on any atom is 0.387 e. The number of alkyl halides is 2. The number of benzene rings is 1. The molecule has 0 atom stereocenters. The zero-order valence-corrected chi connectivity index (χ0v) is 20.0. The molecule has 1 aromatic carbocycles. The van der Waals surface area contributed by atoms with E-state index in [1.54, 1.807) is 41.6 Å². The van der Waals surface area contributed by atoms with E-state index in [1.165, 1.54) is 21.5 Å². The number of anilines is 1. The molecule has 15 heteroatoms. The number of hydrogen-bond acceptors (Lipinski definition) is 9. The molecule has 6 rings (SSSR count). The molecule has 1 aliphatic rings. The first kappa shape index (κ1) is 23.6. The summed E-state index contributed by atoms with van der Waals surface area (Å²) in [6.45, 7) is 0.431. The number of aromatic nitrogens is 9. The van der Waals surface area contributed by atoms with Crippen LogP contribution in [0.2, 0.25) is 0 Å². The van der Waals surface area contributed by atoms with E-state index in [0.29, 0.717) is 11.5 Å². The summed E-state index contributed by atoms with van der Waals surface area (Å²) < 4.78 is 34.1. The van der Waals surface area contributed by atoms with Crippen LogP contribution >= 0.6 is 0 Å². The molecule has 194 valence electrons. The minimum Gasteiger partial charge on any atom is -0.434 e. The second-order valence-electron chi connectivity index (χ2n) is 8.71. The van der Waals surface area contributed by atoms with Gasteiger partial charge in [0.15, 0.2) is 11.5 Å². The van der Waals surface area contributed by atoms with E-state index in [1.807, 2.05) is 6.92 Å². The van der Waals surface area contributed by atoms with Crippen molar-refractivity contribution in [1.82, 2.24) is 49.9 Å². The van der Waals surface area contributed by atoms with E-state index in [4.69, 9.17) is 4.74 Å². The average molecular weight is 521 g/mol. The van der Waals surface area contributed by atoms with Crippen LogP contribution in [0.25, 0.3) is 16.9 Å². The Labute approximate surface area is 213 Å². The number of amides is 1. The van der Waals surface area contributed by atoms with Crippen molar-refractivity contribution in [2.75, 3.05) is 18.4 Å². The van der Waals surface area contributed by atoms with Gasteiger partial charge in [0.25, 0.3) is 5.91 Å². The first-order valence-corrected chi connectivity index (χ1v) is 11.7. The molecule has 38 heavy (non-hydrogen) atoms. The average Bonchev–Trinajstić information content (AvgIpc) is 3.58. The predicted octanol–water partition coefficient (Wildman–Crippen LogP) is 1.93.